The standard InChI is InChI=1S/C10H13F2N/c11-10(12)9-6-2-1-4-8(9)5-3-7-13/h1-2,4,6,10H,3,5,7,13H2. The van der Waals surface area contributed by atoms with Gasteiger partial charge in [0.1, 0.15) is 0 Å². The second kappa shape index (κ2) is 4.92. The molecular formula is C10H13F2N. The van der Waals surface area contributed by atoms with Crippen molar-refractivity contribution >= 4 is 0 Å². The van der Waals surface area contributed by atoms with E-state index in [4.69, 9.17) is 5.73 Å². The number of halogens is 2. The number of hydrogen-bond acceptors (Lipinski definition) is 1. The molecule has 0 unspecified atom stereocenters. The normalized spacial score (nSPS) is 10.8. The van der Waals surface area contributed by atoms with Crippen molar-refractivity contribution in [1.29, 1.82) is 0 Å². The maximum Gasteiger partial charge on any atom is 0.264 e. The molecule has 0 radical (unpaired) electrons. The lowest BCUT2D eigenvalue weighted by Gasteiger charge is -2.07. The van der Waals surface area contributed by atoms with Gasteiger partial charge in [-0.1, -0.05) is 24.3 Å². The highest BCUT2D eigenvalue weighted by Crippen LogP contribution is 2.23. The topological polar surface area (TPSA) is 26.0 Å². The Morgan fingerprint density at radius 1 is 1.23 bits per heavy atom. The molecule has 0 heterocycles. The fraction of sp³-hybridized carbons (Fsp3) is 0.400. The number of aryl methyl sites for hydroxylation is 1. The summed E-state index contributed by atoms with van der Waals surface area (Å²) in [6.07, 6.45) is -0.991. The second-order valence-corrected chi connectivity index (χ2v) is 2.89. The molecule has 1 rings (SSSR count). The Morgan fingerprint density at radius 2 is 1.92 bits per heavy atom. The Kier molecular flexibility index (Phi) is 3.83. The summed E-state index contributed by atoms with van der Waals surface area (Å²) in [6, 6.07) is 6.61. The van der Waals surface area contributed by atoms with Gasteiger partial charge in [0, 0.05) is 5.56 Å². The third-order valence-corrected chi connectivity index (χ3v) is 1.94. The maximum atomic E-state index is 12.4. The molecule has 1 nitrogen and oxygen atoms in total. The minimum atomic E-state index is -2.38. The number of hydrogen-bond donors (Lipinski definition) is 1. The summed E-state index contributed by atoms with van der Waals surface area (Å²) in [5, 5.41) is 0. The first-order valence-corrected chi connectivity index (χ1v) is 4.31. The Morgan fingerprint density at radius 3 is 2.54 bits per heavy atom. The molecule has 0 fully saturated rings. The SMILES string of the molecule is NCCCc1ccccc1C(F)F. The minimum absolute atomic E-state index is 0.135. The molecule has 1 aromatic rings. The highest BCUT2D eigenvalue weighted by atomic mass is 19.3. The van der Waals surface area contributed by atoms with Crippen molar-refractivity contribution in [2.24, 2.45) is 5.73 Å². The Labute approximate surface area is 76.6 Å². The van der Waals surface area contributed by atoms with Gasteiger partial charge >= 0.3 is 0 Å². The second-order valence-electron chi connectivity index (χ2n) is 2.89. The quantitative estimate of drug-likeness (QED) is 0.766. The Hall–Kier alpha value is -0.960. The number of benzene rings is 1. The first-order chi connectivity index (χ1) is 6.25. The summed E-state index contributed by atoms with van der Waals surface area (Å²) >= 11 is 0. The highest BCUT2D eigenvalue weighted by Gasteiger charge is 2.10. The van der Waals surface area contributed by atoms with Gasteiger partial charge in [-0.3, -0.25) is 0 Å². The zero-order chi connectivity index (χ0) is 9.68. The number of rotatable bonds is 4. The summed E-state index contributed by atoms with van der Waals surface area (Å²) in [5.74, 6) is 0. The maximum absolute atomic E-state index is 12.4. The first-order valence-electron chi connectivity index (χ1n) is 4.31. The van der Waals surface area contributed by atoms with Gasteiger partial charge in [-0.25, -0.2) is 8.78 Å². The van der Waals surface area contributed by atoms with E-state index in [1.165, 1.54) is 6.07 Å². The molecule has 0 amide bonds. The predicted molar refractivity (Wildman–Crippen MR) is 48.8 cm³/mol. The molecule has 0 aliphatic rings. The van der Waals surface area contributed by atoms with Crippen LogP contribution >= 0.6 is 0 Å². The molecule has 1 aromatic carbocycles. The van der Waals surface area contributed by atoms with E-state index < -0.39 is 6.43 Å². The third kappa shape index (κ3) is 2.77. The summed E-state index contributed by atoms with van der Waals surface area (Å²) in [7, 11) is 0. The van der Waals surface area contributed by atoms with Crippen LogP contribution in [0, 0.1) is 0 Å². The lowest BCUT2D eigenvalue weighted by atomic mass is 10.0. The highest BCUT2D eigenvalue weighted by molar-refractivity contribution is 5.28. The van der Waals surface area contributed by atoms with E-state index in [1.807, 2.05) is 0 Å². The molecule has 0 saturated heterocycles. The van der Waals surface area contributed by atoms with Crippen molar-refractivity contribution in [3.05, 3.63) is 35.4 Å². The van der Waals surface area contributed by atoms with E-state index in [2.05, 4.69) is 0 Å². The summed E-state index contributed by atoms with van der Waals surface area (Å²) in [4.78, 5) is 0. The molecule has 2 N–H and O–H groups in total. The van der Waals surface area contributed by atoms with Crippen LogP contribution in [0.5, 0.6) is 0 Å². The van der Waals surface area contributed by atoms with Gasteiger partial charge in [-0.05, 0) is 24.9 Å². The van der Waals surface area contributed by atoms with Gasteiger partial charge in [-0.15, -0.1) is 0 Å². The molecule has 0 aliphatic carbocycles. The molecule has 13 heavy (non-hydrogen) atoms. The molecule has 0 spiro atoms. The van der Waals surface area contributed by atoms with Crippen LogP contribution in [0.2, 0.25) is 0 Å². The van der Waals surface area contributed by atoms with Gasteiger partial charge in [0.25, 0.3) is 6.43 Å². The zero-order valence-electron chi connectivity index (χ0n) is 7.34. The van der Waals surface area contributed by atoms with Crippen LogP contribution in [0.1, 0.15) is 24.0 Å². The van der Waals surface area contributed by atoms with Crippen molar-refractivity contribution in [3.63, 3.8) is 0 Å². The van der Waals surface area contributed by atoms with Crippen LogP contribution in [0.15, 0.2) is 24.3 Å². The van der Waals surface area contributed by atoms with Crippen molar-refractivity contribution in [1.82, 2.24) is 0 Å². The van der Waals surface area contributed by atoms with Gasteiger partial charge < -0.3 is 5.73 Å². The molecule has 0 aliphatic heterocycles. The molecule has 72 valence electrons. The monoisotopic (exact) mass is 185 g/mol. The van der Waals surface area contributed by atoms with E-state index in [0.717, 1.165) is 6.42 Å². The van der Waals surface area contributed by atoms with E-state index in [9.17, 15) is 8.78 Å². The Bertz CT molecular complexity index is 261. The van der Waals surface area contributed by atoms with E-state index in [-0.39, 0.29) is 5.56 Å². The van der Waals surface area contributed by atoms with Crippen molar-refractivity contribution in [2.45, 2.75) is 19.3 Å². The average Bonchev–Trinajstić information content (AvgIpc) is 2.15. The fourth-order valence-corrected chi connectivity index (χ4v) is 1.27. The van der Waals surface area contributed by atoms with Crippen LogP contribution in [-0.4, -0.2) is 6.54 Å². The van der Waals surface area contributed by atoms with Crippen LogP contribution in [0.25, 0.3) is 0 Å². The van der Waals surface area contributed by atoms with Gasteiger partial charge in [0.15, 0.2) is 0 Å². The molecule has 3 heteroatoms. The number of alkyl halides is 2. The van der Waals surface area contributed by atoms with Crippen LogP contribution in [0.4, 0.5) is 8.78 Å². The van der Waals surface area contributed by atoms with Gasteiger partial charge in [0.05, 0.1) is 0 Å². The minimum Gasteiger partial charge on any atom is -0.330 e. The zero-order valence-corrected chi connectivity index (χ0v) is 7.34. The van der Waals surface area contributed by atoms with Gasteiger partial charge in [0.2, 0.25) is 0 Å². The van der Waals surface area contributed by atoms with Crippen LogP contribution in [-0.2, 0) is 6.42 Å². The smallest absolute Gasteiger partial charge is 0.264 e. The largest absolute Gasteiger partial charge is 0.330 e. The van der Waals surface area contributed by atoms with E-state index in [1.54, 1.807) is 18.2 Å². The van der Waals surface area contributed by atoms with Crippen LogP contribution in [0.3, 0.4) is 0 Å². The molecule has 0 saturated carbocycles. The number of nitrogens with two attached hydrogens (primary N) is 1. The fourth-order valence-electron chi connectivity index (χ4n) is 1.27. The Balaban J connectivity index is 2.78. The third-order valence-electron chi connectivity index (χ3n) is 1.94. The van der Waals surface area contributed by atoms with E-state index >= 15 is 0 Å². The molecule has 0 aromatic heterocycles. The average molecular weight is 185 g/mol. The van der Waals surface area contributed by atoms with Crippen molar-refractivity contribution in [2.75, 3.05) is 6.54 Å². The lowest BCUT2D eigenvalue weighted by molar-refractivity contribution is 0.150. The summed E-state index contributed by atoms with van der Waals surface area (Å²) < 4.78 is 24.8. The molecular weight excluding hydrogens is 172 g/mol. The van der Waals surface area contributed by atoms with Crippen molar-refractivity contribution < 1.29 is 8.78 Å². The summed E-state index contributed by atoms with van der Waals surface area (Å²) in [6.45, 7) is 0.539. The van der Waals surface area contributed by atoms with Gasteiger partial charge in [-0.2, -0.15) is 0 Å². The van der Waals surface area contributed by atoms with Crippen LogP contribution < -0.4 is 5.73 Å². The summed E-state index contributed by atoms with van der Waals surface area (Å²) in [5.41, 5.74) is 6.16. The first kappa shape index (κ1) is 10.1. The van der Waals surface area contributed by atoms with Crippen molar-refractivity contribution in [3.8, 4) is 0 Å². The lowest BCUT2D eigenvalue weighted by Crippen LogP contribution is -2.02. The molecule has 0 atom stereocenters. The predicted octanol–water partition coefficient (Wildman–Crippen LogP) is 2.52. The van der Waals surface area contributed by atoms with E-state index in [0.29, 0.717) is 18.5 Å². The molecule has 0 bridgehead atoms.